The molecular weight excluding hydrogens is 476 g/mol. The number of amides is 1. The molecule has 1 amide bonds. The minimum Gasteiger partial charge on any atom is -0.458 e. The quantitative estimate of drug-likeness (QED) is 0.407. The number of carbonyl (C=O) groups excluding carboxylic acids is 2. The number of rotatable bonds is 3. The Kier molecular flexibility index (Phi) is 5.54. The highest BCUT2D eigenvalue weighted by Gasteiger charge is 2.45. The molecule has 37 heavy (non-hydrogen) atoms. The largest absolute Gasteiger partial charge is 0.458 e. The van der Waals surface area contributed by atoms with E-state index in [0.29, 0.717) is 47.6 Å². The Morgan fingerprint density at radius 3 is 2.73 bits per heavy atom. The van der Waals surface area contributed by atoms with Gasteiger partial charge in [0.2, 0.25) is 0 Å². The van der Waals surface area contributed by atoms with Gasteiger partial charge in [0.25, 0.3) is 5.56 Å². The van der Waals surface area contributed by atoms with E-state index in [9.17, 15) is 19.5 Å². The van der Waals surface area contributed by atoms with Gasteiger partial charge in [0.1, 0.15) is 12.4 Å². The lowest BCUT2D eigenvalue weighted by Gasteiger charge is -2.31. The van der Waals surface area contributed by atoms with Crippen molar-refractivity contribution in [1.82, 2.24) is 19.8 Å². The number of benzene rings is 1. The van der Waals surface area contributed by atoms with Gasteiger partial charge < -0.3 is 29.4 Å². The molecule has 10 heteroatoms. The highest BCUT2D eigenvalue weighted by molar-refractivity contribution is 5.93. The smallest absolute Gasteiger partial charge is 0.415 e. The number of cyclic esters (lactones) is 1. The Hall–Kier alpha value is -3.76. The van der Waals surface area contributed by atoms with Crippen LogP contribution in [0.3, 0.4) is 0 Å². The molecule has 0 unspecified atom stereocenters. The summed E-state index contributed by atoms with van der Waals surface area (Å²) in [7, 11) is 0. The lowest BCUT2D eigenvalue weighted by molar-refractivity contribution is -0.172. The average molecular weight is 505 g/mol. The molecule has 0 bridgehead atoms. The zero-order chi connectivity index (χ0) is 25.9. The van der Waals surface area contributed by atoms with Gasteiger partial charge in [-0.3, -0.25) is 4.79 Å². The van der Waals surface area contributed by atoms with Crippen LogP contribution in [0.4, 0.5) is 4.79 Å². The summed E-state index contributed by atoms with van der Waals surface area (Å²) in [6.07, 6.45) is 0.400. The van der Waals surface area contributed by atoms with E-state index in [1.165, 1.54) is 0 Å². The first-order chi connectivity index (χ1) is 17.9. The van der Waals surface area contributed by atoms with E-state index in [2.05, 4.69) is 5.32 Å². The number of hydrogen-bond acceptors (Lipinski definition) is 8. The van der Waals surface area contributed by atoms with E-state index in [0.717, 1.165) is 24.2 Å². The second-order valence-corrected chi connectivity index (χ2v) is 9.68. The number of pyridine rings is 2. The summed E-state index contributed by atoms with van der Waals surface area (Å²) >= 11 is 0. The zero-order valence-electron chi connectivity index (χ0n) is 20.8. The number of aliphatic hydroxyl groups is 1. The third-order valence-electron chi connectivity index (χ3n) is 7.67. The molecule has 0 saturated carbocycles. The van der Waals surface area contributed by atoms with Gasteiger partial charge in [-0.1, -0.05) is 19.9 Å². The number of nitrogens with one attached hydrogen (secondary N) is 1. The third kappa shape index (κ3) is 3.54. The first-order valence-electron chi connectivity index (χ1n) is 12.7. The summed E-state index contributed by atoms with van der Waals surface area (Å²) in [6.45, 7) is 6.41. The maximum absolute atomic E-state index is 13.4. The molecule has 0 aliphatic carbocycles. The summed E-state index contributed by atoms with van der Waals surface area (Å²) in [4.78, 5) is 45.3. The van der Waals surface area contributed by atoms with Crippen molar-refractivity contribution in [2.75, 3.05) is 26.2 Å². The molecule has 3 aromatic rings. The molecule has 0 spiro atoms. The SMILES string of the molecule is CCc1ccc(OC(=O)N2CCNCC2)c2cc3c(nc12)-c1cc2c(c(=O)n1C3)COC(=O)[C@]2(O)CC. The topological polar surface area (TPSA) is 123 Å². The van der Waals surface area contributed by atoms with E-state index in [1.54, 1.807) is 28.5 Å². The van der Waals surface area contributed by atoms with Gasteiger partial charge in [-0.15, -0.1) is 0 Å². The average Bonchev–Trinajstić information content (AvgIpc) is 3.28. The molecule has 3 aliphatic rings. The van der Waals surface area contributed by atoms with Crippen molar-refractivity contribution in [1.29, 1.82) is 0 Å². The second-order valence-electron chi connectivity index (χ2n) is 9.68. The molecule has 6 rings (SSSR count). The van der Waals surface area contributed by atoms with Crippen molar-refractivity contribution >= 4 is 23.0 Å². The summed E-state index contributed by atoms with van der Waals surface area (Å²) < 4.78 is 12.6. The Morgan fingerprint density at radius 1 is 1.22 bits per heavy atom. The maximum Gasteiger partial charge on any atom is 0.415 e. The molecule has 3 aliphatic heterocycles. The predicted molar refractivity (Wildman–Crippen MR) is 134 cm³/mol. The van der Waals surface area contributed by atoms with Crippen LogP contribution in [0, 0.1) is 0 Å². The Morgan fingerprint density at radius 2 is 2.00 bits per heavy atom. The van der Waals surface area contributed by atoms with Gasteiger partial charge in [0.05, 0.1) is 29.0 Å². The number of carbonyl (C=O) groups is 2. The van der Waals surface area contributed by atoms with Gasteiger partial charge in [-0.25, -0.2) is 14.6 Å². The first-order valence-corrected chi connectivity index (χ1v) is 12.7. The van der Waals surface area contributed by atoms with E-state index in [1.807, 2.05) is 19.1 Å². The second kappa shape index (κ2) is 8.67. The lowest BCUT2D eigenvalue weighted by Crippen LogP contribution is -2.47. The standard InChI is InChI=1S/C27H28N4O6/c1-3-15-5-6-21(37-26(34)30-9-7-28-8-10-30)17-11-16-13-31-20(23(16)29-22(15)17)12-19-18(24(31)32)14-36-25(33)27(19,35)4-2/h5-6,11-12,28,35H,3-4,7-10,13-14H2,1-2H3/t27-/m0/s1. The zero-order valence-corrected chi connectivity index (χ0v) is 20.8. The lowest BCUT2D eigenvalue weighted by atomic mass is 9.86. The van der Waals surface area contributed by atoms with Gasteiger partial charge in [-0.2, -0.15) is 0 Å². The summed E-state index contributed by atoms with van der Waals surface area (Å²) in [6, 6.07) is 7.33. The molecule has 1 atom stereocenters. The van der Waals surface area contributed by atoms with Crippen molar-refractivity contribution in [2.24, 2.45) is 0 Å². The van der Waals surface area contributed by atoms with Crippen molar-refractivity contribution in [3.8, 4) is 17.1 Å². The number of esters is 1. The fourth-order valence-corrected chi connectivity index (χ4v) is 5.48. The van der Waals surface area contributed by atoms with Gasteiger partial charge in [0.15, 0.2) is 5.60 Å². The van der Waals surface area contributed by atoms with E-state index >= 15 is 0 Å². The number of fused-ring (bicyclic) bond motifs is 5. The molecule has 1 fully saturated rings. The van der Waals surface area contributed by atoms with Crippen molar-refractivity contribution in [2.45, 2.75) is 45.4 Å². The van der Waals surface area contributed by atoms with Crippen LogP contribution < -0.4 is 15.6 Å². The number of aryl methyl sites for hydroxylation is 1. The van der Waals surface area contributed by atoms with Crippen LogP contribution in [0.5, 0.6) is 5.75 Å². The maximum atomic E-state index is 13.4. The van der Waals surface area contributed by atoms with E-state index in [4.69, 9.17) is 14.5 Å². The van der Waals surface area contributed by atoms with Crippen molar-refractivity contribution in [3.63, 3.8) is 0 Å². The van der Waals surface area contributed by atoms with Crippen LogP contribution in [0.25, 0.3) is 22.3 Å². The number of piperazine rings is 1. The molecule has 2 N–H and O–H groups in total. The van der Waals surface area contributed by atoms with Gasteiger partial charge >= 0.3 is 12.1 Å². The molecule has 5 heterocycles. The minimum absolute atomic E-state index is 0.0848. The van der Waals surface area contributed by atoms with Crippen LogP contribution in [0.1, 0.15) is 42.5 Å². The van der Waals surface area contributed by atoms with Crippen LogP contribution in [0.15, 0.2) is 29.1 Å². The highest BCUT2D eigenvalue weighted by atomic mass is 16.6. The van der Waals surface area contributed by atoms with Crippen LogP contribution in [0.2, 0.25) is 0 Å². The summed E-state index contributed by atoms with van der Waals surface area (Å²) in [5.41, 5.74) is 2.01. The third-order valence-corrected chi connectivity index (χ3v) is 7.67. The van der Waals surface area contributed by atoms with Crippen LogP contribution in [-0.4, -0.2) is 57.8 Å². The first kappa shape index (κ1) is 23.6. The summed E-state index contributed by atoms with van der Waals surface area (Å²) in [5, 5.41) is 15.0. The molecular formula is C27H28N4O6. The fourth-order valence-electron chi connectivity index (χ4n) is 5.48. The fraction of sp³-hybridized carbons (Fsp3) is 0.407. The Bertz CT molecular complexity index is 1520. The van der Waals surface area contributed by atoms with Crippen molar-refractivity contribution in [3.05, 3.63) is 56.9 Å². The predicted octanol–water partition coefficient (Wildman–Crippen LogP) is 2.05. The number of hydrogen-bond donors (Lipinski definition) is 2. The van der Waals surface area contributed by atoms with Crippen LogP contribution in [-0.2, 0) is 34.7 Å². The van der Waals surface area contributed by atoms with Gasteiger partial charge in [-0.05, 0) is 36.6 Å². The summed E-state index contributed by atoms with van der Waals surface area (Å²) in [5.74, 6) is -0.325. The molecule has 192 valence electrons. The number of ether oxygens (including phenoxy) is 2. The molecule has 0 radical (unpaired) electrons. The number of aromatic nitrogens is 2. The molecule has 1 aromatic carbocycles. The monoisotopic (exact) mass is 504 g/mol. The van der Waals surface area contributed by atoms with Crippen molar-refractivity contribution < 1.29 is 24.2 Å². The molecule has 1 saturated heterocycles. The van der Waals surface area contributed by atoms with E-state index < -0.39 is 17.7 Å². The van der Waals surface area contributed by atoms with E-state index in [-0.39, 0.29) is 36.3 Å². The highest BCUT2D eigenvalue weighted by Crippen LogP contribution is 2.40. The normalized spacial score (nSPS) is 20.3. The molecule has 2 aromatic heterocycles. The van der Waals surface area contributed by atoms with Crippen LogP contribution >= 0.6 is 0 Å². The molecule has 10 nitrogen and oxygen atoms in total. The Labute approximate surface area is 212 Å². The Balaban J connectivity index is 1.48. The number of nitrogens with zero attached hydrogens (tertiary/aromatic N) is 3. The van der Waals surface area contributed by atoms with Gasteiger partial charge in [0, 0.05) is 42.7 Å². The minimum atomic E-state index is -1.87.